The molecule has 0 radical (unpaired) electrons. The Morgan fingerprint density at radius 2 is 2.47 bits per heavy atom. The van der Waals surface area contributed by atoms with Gasteiger partial charge in [-0.3, -0.25) is 10.1 Å². The molecule has 1 unspecified atom stereocenters. The molecule has 1 aliphatic heterocycles. The minimum absolute atomic E-state index is 0.158. The first-order valence-corrected chi connectivity index (χ1v) is 6.11. The number of hydrogen-bond donors (Lipinski definition) is 1. The predicted molar refractivity (Wildman–Crippen MR) is 69.7 cm³/mol. The lowest BCUT2D eigenvalue weighted by molar-refractivity contribution is -0.385. The number of aromatic nitrogens is 1. The van der Waals surface area contributed by atoms with Crippen molar-refractivity contribution < 1.29 is 4.92 Å². The second-order valence-electron chi connectivity index (χ2n) is 4.59. The number of nitrogens with zero attached hydrogens (tertiary/aromatic N) is 4. The summed E-state index contributed by atoms with van der Waals surface area (Å²) in [6.45, 7) is 1.82. The van der Waals surface area contributed by atoms with Crippen LogP contribution in [0.2, 0.25) is 0 Å². The van der Waals surface area contributed by atoms with Crippen LogP contribution in [-0.4, -0.2) is 41.0 Å². The topological polar surface area (TPSA) is 95.1 Å². The fourth-order valence-electron chi connectivity index (χ4n) is 2.24. The van der Waals surface area contributed by atoms with E-state index in [0.717, 1.165) is 19.5 Å². The van der Waals surface area contributed by atoms with Crippen molar-refractivity contribution in [3.63, 3.8) is 0 Å². The highest BCUT2D eigenvalue weighted by Gasteiger charge is 2.21. The first-order valence-electron chi connectivity index (χ1n) is 6.11. The maximum absolute atomic E-state index is 10.7. The number of anilines is 1. The first-order chi connectivity index (χ1) is 9.11. The molecule has 19 heavy (non-hydrogen) atoms. The Kier molecular flexibility index (Phi) is 3.92. The van der Waals surface area contributed by atoms with E-state index >= 15 is 0 Å². The molecule has 1 aromatic rings. The van der Waals surface area contributed by atoms with Crippen molar-refractivity contribution in [2.75, 3.05) is 25.5 Å². The minimum atomic E-state index is -0.597. The number of pyridine rings is 1. The molecule has 0 aliphatic carbocycles. The molecular formula is C12H15N5O2. The van der Waals surface area contributed by atoms with Crippen LogP contribution in [0.1, 0.15) is 18.5 Å². The summed E-state index contributed by atoms with van der Waals surface area (Å²) >= 11 is 0. The zero-order chi connectivity index (χ0) is 13.8. The zero-order valence-corrected chi connectivity index (χ0v) is 10.7. The molecule has 1 fully saturated rings. The molecule has 0 saturated carbocycles. The van der Waals surface area contributed by atoms with Crippen molar-refractivity contribution in [1.82, 2.24) is 9.88 Å². The average molecular weight is 261 g/mol. The van der Waals surface area contributed by atoms with Crippen molar-refractivity contribution in [2.45, 2.75) is 18.9 Å². The van der Waals surface area contributed by atoms with Crippen molar-refractivity contribution in [1.29, 1.82) is 5.26 Å². The van der Waals surface area contributed by atoms with Crippen LogP contribution in [0.5, 0.6) is 0 Å². The van der Waals surface area contributed by atoms with E-state index in [1.807, 2.05) is 0 Å². The number of nitriles is 1. The summed E-state index contributed by atoms with van der Waals surface area (Å²) in [5.41, 5.74) is -0.416. The van der Waals surface area contributed by atoms with Crippen molar-refractivity contribution >= 4 is 11.5 Å². The quantitative estimate of drug-likeness (QED) is 0.649. The van der Waals surface area contributed by atoms with Crippen LogP contribution in [0.15, 0.2) is 12.1 Å². The maximum Gasteiger partial charge on any atom is 0.305 e. The van der Waals surface area contributed by atoms with Gasteiger partial charge in [-0.1, -0.05) is 0 Å². The molecule has 1 aromatic heterocycles. The lowest BCUT2D eigenvalue weighted by Crippen LogP contribution is -2.31. The molecule has 2 rings (SSSR count). The Morgan fingerprint density at radius 1 is 1.68 bits per heavy atom. The maximum atomic E-state index is 10.7. The molecule has 0 bridgehead atoms. The van der Waals surface area contributed by atoms with Gasteiger partial charge in [0.05, 0.1) is 4.92 Å². The van der Waals surface area contributed by atoms with Gasteiger partial charge in [0.2, 0.25) is 5.69 Å². The summed E-state index contributed by atoms with van der Waals surface area (Å²) in [4.78, 5) is 16.3. The van der Waals surface area contributed by atoms with Crippen LogP contribution in [0.3, 0.4) is 0 Å². The highest BCUT2D eigenvalue weighted by Crippen LogP contribution is 2.19. The molecular weight excluding hydrogens is 246 g/mol. The molecule has 0 spiro atoms. The minimum Gasteiger partial charge on any atom is -0.368 e. The molecule has 0 amide bonds. The fourth-order valence-corrected chi connectivity index (χ4v) is 2.24. The molecule has 7 nitrogen and oxygen atoms in total. The summed E-state index contributed by atoms with van der Waals surface area (Å²) in [5.74, 6) is 0.502. The number of nitro groups is 1. The van der Waals surface area contributed by atoms with Crippen molar-refractivity contribution in [2.24, 2.45) is 0 Å². The van der Waals surface area contributed by atoms with Crippen LogP contribution < -0.4 is 5.32 Å². The number of hydrogen-bond acceptors (Lipinski definition) is 6. The summed E-state index contributed by atoms with van der Waals surface area (Å²) in [7, 11) is 2.07. The van der Waals surface area contributed by atoms with Gasteiger partial charge in [-0.2, -0.15) is 5.26 Å². The predicted octanol–water partition coefficient (Wildman–Crippen LogP) is 1.37. The third-order valence-corrected chi connectivity index (χ3v) is 3.37. The molecule has 2 heterocycles. The molecule has 1 aliphatic rings. The highest BCUT2D eigenvalue weighted by atomic mass is 16.6. The molecule has 1 saturated heterocycles. The van der Waals surface area contributed by atoms with E-state index in [4.69, 9.17) is 5.26 Å². The number of likely N-dealkylation sites (N-methyl/N-ethyl adjacent to an activating group) is 1. The zero-order valence-electron chi connectivity index (χ0n) is 10.7. The van der Waals surface area contributed by atoms with Crippen LogP contribution in [-0.2, 0) is 0 Å². The summed E-state index contributed by atoms with van der Waals surface area (Å²) in [6, 6.07) is 5.05. The van der Waals surface area contributed by atoms with Crippen LogP contribution >= 0.6 is 0 Å². The van der Waals surface area contributed by atoms with Gasteiger partial charge in [-0.05, 0) is 32.5 Å². The van der Waals surface area contributed by atoms with E-state index in [1.54, 1.807) is 6.07 Å². The van der Waals surface area contributed by atoms with Gasteiger partial charge in [-0.25, -0.2) is 4.98 Å². The molecule has 0 aromatic carbocycles. The second-order valence-corrected chi connectivity index (χ2v) is 4.59. The standard InChI is InChI=1S/C12H15N5O2/c1-16-6-2-3-9(16)8-14-12-5-4-11(17(18)19)10(7-13)15-12/h4-5,9H,2-3,6,8H2,1H3,(H,14,15). The molecule has 100 valence electrons. The van der Waals surface area contributed by atoms with Crippen molar-refractivity contribution in [3.05, 3.63) is 27.9 Å². The molecule has 1 N–H and O–H groups in total. The van der Waals surface area contributed by atoms with E-state index in [-0.39, 0.29) is 11.4 Å². The number of likely N-dealkylation sites (tertiary alicyclic amines) is 1. The van der Waals surface area contributed by atoms with Crippen LogP contribution in [0, 0.1) is 21.4 Å². The van der Waals surface area contributed by atoms with Gasteiger partial charge in [0.1, 0.15) is 11.9 Å². The monoisotopic (exact) mass is 261 g/mol. The van der Waals surface area contributed by atoms with Crippen molar-refractivity contribution in [3.8, 4) is 6.07 Å². The number of nitrogens with one attached hydrogen (secondary N) is 1. The van der Waals surface area contributed by atoms with E-state index in [9.17, 15) is 10.1 Å². The first kappa shape index (κ1) is 13.2. The summed E-state index contributed by atoms with van der Waals surface area (Å²) in [5, 5.41) is 22.7. The fraction of sp³-hybridized carbons (Fsp3) is 0.500. The third kappa shape index (κ3) is 2.98. The van der Waals surface area contributed by atoms with E-state index in [2.05, 4.69) is 22.2 Å². The van der Waals surface area contributed by atoms with Gasteiger partial charge in [0, 0.05) is 18.7 Å². The molecule has 7 heteroatoms. The Balaban J connectivity index is 2.05. The smallest absolute Gasteiger partial charge is 0.305 e. The Bertz CT molecular complexity index is 525. The summed E-state index contributed by atoms with van der Waals surface area (Å²) < 4.78 is 0. The number of rotatable bonds is 4. The molecule has 1 atom stereocenters. The van der Waals surface area contributed by atoms with Crippen LogP contribution in [0.25, 0.3) is 0 Å². The van der Waals surface area contributed by atoms with E-state index in [0.29, 0.717) is 11.9 Å². The van der Waals surface area contributed by atoms with Gasteiger partial charge in [0.15, 0.2) is 0 Å². The largest absolute Gasteiger partial charge is 0.368 e. The highest BCUT2D eigenvalue weighted by molar-refractivity contribution is 5.50. The Morgan fingerprint density at radius 3 is 3.05 bits per heavy atom. The van der Waals surface area contributed by atoms with Gasteiger partial charge in [-0.15, -0.1) is 0 Å². The summed E-state index contributed by atoms with van der Waals surface area (Å²) in [6.07, 6.45) is 2.31. The van der Waals surface area contributed by atoms with Gasteiger partial charge >= 0.3 is 5.69 Å². The van der Waals surface area contributed by atoms with Gasteiger partial charge in [0.25, 0.3) is 0 Å². The SMILES string of the molecule is CN1CCCC1CNc1ccc([N+](=O)[O-])c(C#N)n1. The Hall–Kier alpha value is -2.20. The lowest BCUT2D eigenvalue weighted by atomic mass is 10.2. The average Bonchev–Trinajstić information content (AvgIpc) is 2.81. The van der Waals surface area contributed by atoms with Gasteiger partial charge < -0.3 is 10.2 Å². The lowest BCUT2D eigenvalue weighted by Gasteiger charge is -2.19. The van der Waals surface area contributed by atoms with E-state index in [1.165, 1.54) is 18.6 Å². The normalized spacial score (nSPS) is 19.1. The second kappa shape index (κ2) is 5.63. The Labute approximate surface area is 111 Å². The van der Waals surface area contributed by atoms with E-state index < -0.39 is 4.92 Å². The van der Waals surface area contributed by atoms with Crippen LogP contribution in [0.4, 0.5) is 11.5 Å². The third-order valence-electron chi connectivity index (χ3n) is 3.37.